The van der Waals surface area contributed by atoms with Gasteiger partial charge in [-0.3, -0.25) is 0 Å². The number of nitrogens with zero attached hydrogens (tertiary/aromatic N) is 1. The molecule has 2 heterocycles. The summed E-state index contributed by atoms with van der Waals surface area (Å²) < 4.78 is 0. The van der Waals surface area contributed by atoms with Crippen LogP contribution in [0.2, 0.25) is 0 Å². The summed E-state index contributed by atoms with van der Waals surface area (Å²) in [6.45, 7) is 6.79. The molecule has 1 aliphatic rings. The molecular weight excluding hydrogens is 322 g/mol. The van der Waals surface area contributed by atoms with E-state index in [0.29, 0.717) is 6.54 Å². The number of para-hydroxylation sites is 1. The standard InChI is InChI=1S/C22H25N3O/c1-14(2)23-22(26)25-13-12-18-17-6-4-5-7-19(17)24-20(18)21(25)16-10-8-15(3)9-11-16/h4-11,14,21,24H,12-13H2,1-3H3,(H,23,26)/t21-/m1/s1. The van der Waals surface area contributed by atoms with Crippen molar-refractivity contribution in [3.8, 4) is 0 Å². The number of aromatic nitrogens is 1. The van der Waals surface area contributed by atoms with Crippen LogP contribution in [-0.2, 0) is 6.42 Å². The van der Waals surface area contributed by atoms with Crippen molar-refractivity contribution in [3.05, 3.63) is 70.9 Å². The van der Waals surface area contributed by atoms with Gasteiger partial charge >= 0.3 is 6.03 Å². The van der Waals surface area contributed by atoms with Crippen molar-refractivity contribution in [2.75, 3.05) is 6.54 Å². The number of urea groups is 1. The van der Waals surface area contributed by atoms with Crippen LogP contribution < -0.4 is 5.32 Å². The van der Waals surface area contributed by atoms with Gasteiger partial charge in [-0.25, -0.2) is 4.79 Å². The molecule has 4 heteroatoms. The average molecular weight is 347 g/mol. The van der Waals surface area contributed by atoms with Crippen molar-refractivity contribution in [2.45, 2.75) is 39.3 Å². The third-order valence-corrected chi connectivity index (χ3v) is 5.10. The molecule has 0 aliphatic carbocycles. The molecule has 0 radical (unpaired) electrons. The lowest BCUT2D eigenvalue weighted by molar-refractivity contribution is 0.177. The first-order valence-corrected chi connectivity index (χ1v) is 9.28. The molecule has 1 aliphatic heterocycles. The Morgan fingerprint density at radius 2 is 1.88 bits per heavy atom. The van der Waals surface area contributed by atoms with Crippen LogP contribution in [0.25, 0.3) is 10.9 Å². The van der Waals surface area contributed by atoms with Gasteiger partial charge in [0, 0.05) is 29.2 Å². The number of H-pyrrole nitrogens is 1. The minimum Gasteiger partial charge on any atom is -0.356 e. The predicted octanol–water partition coefficient (Wildman–Crippen LogP) is 4.54. The molecule has 26 heavy (non-hydrogen) atoms. The number of hydrogen-bond acceptors (Lipinski definition) is 1. The maximum absolute atomic E-state index is 12.9. The van der Waals surface area contributed by atoms with Gasteiger partial charge in [-0.05, 0) is 44.4 Å². The number of nitrogens with one attached hydrogen (secondary N) is 2. The number of hydrogen-bond donors (Lipinski definition) is 2. The van der Waals surface area contributed by atoms with E-state index in [4.69, 9.17) is 0 Å². The van der Waals surface area contributed by atoms with Gasteiger partial charge in [-0.2, -0.15) is 0 Å². The predicted molar refractivity (Wildman–Crippen MR) is 105 cm³/mol. The first-order valence-electron chi connectivity index (χ1n) is 9.28. The molecule has 2 N–H and O–H groups in total. The second-order valence-corrected chi connectivity index (χ2v) is 7.42. The number of amides is 2. The van der Waals surface area contributed by atoms with Gasteiger partial charge in [0.1, 0.15) is 0 Å². The SMILES string of the molecule is Cc1ccc([C@@H]2c3[nH]c4ccccc4c3CCN2C(=O)NC(C)C)cc1. The number of fused-ring (bicyclic) bond motifs is 3. The van der Waals surface area contributed by atoms with Gasteiger partial charge in [0.15, 0.2) is 0 Å². The summed E-state index contributed by atoms with van der Waals surface area (Å²) in [5.41, 5.74) is 5.97. The molecule has 1 aromatic heterocycles. The number of aryl methyl sites for hydroxylation is 1. The Hall–Kier alpha value is -2.75. The Morgan fingerprint density at radius 3 is 2.62 bits per heavy atom. The number of benzene rings is 2. The molecule has 3 aromatic rings. The van der Waals surface area contributed by atoms with E-state index in [0.717, 1.165) is 23.2 Å². The van der Waals surface area contributed by atoms with E-state index >= 15 is 0 Å². The zero-order chi connectivity index (χ0) is 18.3. The third kappa shape index (κ3) is 2.85. The number of rotatable bonds is 2. The molecule has 134 valence electrons. The van der Waals surface area contributed by atoms with Crippen LogP contribution >= 0.6 is 0 Å². The minimum atomic E-state index is -0.0921. The molecule has 0 saturated carbocycles. The summed E-state index contributed by atoms with van der Waals surface area (Å²) in [4.78, 5) is 18.4. The summed E-state index contributed by atoms with van der Waals surface area (Å²) in [7, 11) is 0. The third-order valence-electron chi connectivity index (χ3n) is 5.10. The lowest BCUT2D eigenvalue weighted by Crippen LogP contribution is -2.47. The maximum atomic E-state index is 12.9. The van der Waals surface area contributed by atoms with E-state index in [1.54, 1.807) is 0 Å². The topological polar surface area (TPSA) is 48.1 Å². The molecule has 0 unspecified atom stereocenters. The van der Waals surface area contributed by atoms with Gasteiger partial charge in [0.05, 0.1) is 6.04 Å². The average Bonchev–Trinajstić information content (AvgIpc) is 3.00. The van der Waals surface area contributed by atoms with Crippen LogP contribution in [0.5, 0.6) is 0 Å². The first kappa shape index (κ1) is 16.7. The van der Waals surface area contributed by atoms with E-state index in [2.05, 4.69) is 65.8 Å². The Kier molecular flexibility index (Phi) is 4.19. The lowest BCUT2D eigenvalue weighted by Gasteiger charge is -2.36. The Bertz CT molecular complexity index is 940. The molecule has 0 fully saturated rings. The first-order chi connectivity index (χ1) is 12.5. The largest absolute Gasteiger partial charge is 0.356 e. The highest BCUT2D eigenvalue weighted by Crippen LogP contribution is 2.38. The Balaban J connectivity index is 1.84. The lowest BCUT2D eigenvalue weighted by atomic mass is 9.92. The summed E-state index contributed by atoms with van der Waals surface area (Å²) >= 11 is 0. The monoisotopic (exact) mass is 347 g/mol. The van der Waals surface area contributed by atoms with Crippen LogP contribution in [0.15, 0.2) is 48.5 Å². The zero-order valence-electron chi connectivity index (χ0n) is 15.5. The quantitative estimate of drug-likeness (QED) is 0.702. The smallest absolute Gasteiger partial charge is 0.318 e. The molecule has 0 bridgehead atoms. The van der Waals surface area contributed by atoms with Crippen LogP contribution in [0.4, 0.5) is 4.79 Å². The molecule has 4 rings (SSSR count). The molecule has 2 amide bonds. The van der Waals surface area contributed by atoms with E-state index in [1.165, 1.54) is 16.5 Å². The van der Waals surface area contributed by atoms with Crippen molar-refractivity contribution in [2.24, 2.45) is 0 Å². The van der Waals surface area contributed by atoms with Crippen LogP contribution in [0, 0.1) is 6.92 Å². The summed E-state index contributed by atoms with van der Waals surface area (Å²) in [6, 6.07) is 16.9. The summed E-state index contributed by atoms with van der Waals surface area (Å²) in [5, 5.41) is 4.33. The maximum Gasteiger partial charge on any atom is 0.318 e. The Labute approximate surface area is 154 Å². The molecule has 0 spiro atoms. The molecule has 2 aromatic carbocycles. The van der Waals surface area contributed by atoms with Crippen LogP contribution in [0.1, 0.15) is 42.3 Å². The normalized spacial score (nSPS) is 16.8. The fraction of sp³-hybridized carbons (Fsp3) is 0.318. The van der Waals surface area contributed by atoms with Crippen LogP contribution in [0.3, 0.4) is 0 Å². The second kappa shape index (κ2) is 6.52. The van der Waals surface area contributed by atoms with E-state index in [1.807, 2.05) is 18.7 Å². The zero-order valence-corrected chi connectivity index (χ0v) is 15.5. The van der Waals surface area contributed by atoms with Crippen molar-refractivity contribution in [1.29, 1.82) is 0 Å². The Morgan fingerprint density at radius 1 is 1.15 bits per heavy atom. The molecular formula is C22H25N3O. The fourth-order valence-electron chi connectivity index (χ4n) is 3.88. The van der Waals surface area contributed by atoms with Gasteiger partial charge in [-0.1, -0.05) is 48.0 Å². The number of carbonyl (C=O) groups is 1. The van der Waals surface area contributed by atoms with Crippen molar-refractivity contribution < 1.29 is 4.79 Å². The van der Waals surface area contributed by atoms with E-state index < -0.39 is 0 Å². The molecule has 1 atom stereocenters. The van der Waals surface area contributed by atoms with E-state index in [9.17, 15) is 4.79 Å². The van der Waals surface area contributed by atoms with Crippen molar-refractivity contribution >= 4 is 16.9 Å². The van der Waals surface area contributed by atoms with E-state index in [-0.39, 0.29) is 18.1 Å². The molecule has 4 nitrogen and oxygen atoms in total. The van der Waals surface area contributed by atoms with Crippen LogP contribution in [-0.4, -0.2) is 28.5 Å². The molecule has 0 saturated heterocycles. The number of aromatic amines is 1. The highest BCUT2D eigenvalue weighted by atomic mass is 16.2. The number of carbonyl (C=O) groups excluding carboxylic acids is 1. The second-order valence-electron chi connectivity index (χ2n) is 7.42. The minimum absolute atomic E-state index is 0.00474. The fourth-order valence-corrected chi connectivity index (χ4v) is 3.88. The highest BCUT2D eigenvalue weighted by Gasteiger charge is 2.34. The van der Waals surface area contributed by atoms with Gasteiger partial charge in [0.2, 0.25) is 0 Å². The van der Waals surface area contributed by atoms with Gasteiger partial charge in [-0.15, -0.1) is 0 Å². The van der Waals surface area contributed by atoms with Crippen molar-refractivity contribution in [3.63, 3.8) is 0 Å². The van der Waals surface area contributed by atoms with Gasteiger partial charge < -0.3 is 15.2 Å². The summed E-state index contributed by atoms with van der Waals surface area (Å²) in [6.07, 6.45) is 0.868. The summed E-state index contributed by atoms with van der Waals surface area (Å²) in [5.74, 6) is 0. The highest BCUT2D eigenvalue weighted by molar-refractivity contribution is 5.86. The van der Waals surface area contributed by atoms with Gasteiger partial charge in [0.25, 0.3) is 0 Å². The van der Waals surface area contributed by atoms with Crippen molar-refractivity contribution in [1.82, 2.24) is 15.2 Å².